The summed E-state index contributed by atoms with van der Waals surface area (Å²) in [6.07, 6.45) is 2.80. The van der Waals surface area contributed by atoms with Gasteiger partial charge in [-0.25, -0.2) is 9.97 Å². The number of nitrogens with one attached hydrogen (secondary N) is 1. The SMILES string of the molecule is CC(C)(C)c1ccc(COc2ncnc3cc(NC(=O)CCCCC(=O)O)ccc23)cc1. The number of anilines is 1. The fourth-order valence-corrected chi connectivity index (χ4v) is 3.26. The molecule has 0 aliphatic rings. The van der Waals surface area contributed by atoms with Crippen LogP contribution in [0.25, 0.3) is 10.9 Å². The van der Waals surface area contributed by atoms with Gasteiger partial charge in [-0.05, 0) is 47.6 Å². The van der Waals surface area contributed by atoms with Crippen molar-refractivity contribution in [1.29, 1.82) is 0 Å². The normalized spacial score (nSPS) is 11.3. The van der Waals surface area contributed by atoms with Crippen LogP contribution >= 0.6 is 0 Å². The van der Waals surface area contributed by atoms with Gasteiger partial charge in [0.2, 0.25) is 11.8 Å². The van der Waals surface area contributed by atoms with Gasteiger partial charge in [0.1, 0.15) is 12.9 Å². The quantitative estimate of drug-likeness (QED) is 0.454. The summed E-state index contributed by atoms with van der Waals surface area (Å²) in [7, 11) is 0. The van der Waals surface area contributed by atoms with Gasteiger partial charge in [-0.3, -0.25) is 9.59 Å². The molecule has 2 aromatic carbocycles. The van der Waals surface area contributed by atoms with E-state index in [0.717, 1.165) is 10.9 Å². The van der Waals surface area contributed by atoms with E-state index in [1.54, 1.807) is 12.1 Å². The van der Waals surface area contributed by atoms with Crippen LogP contribution in [0.15, 0.2) is 48.8 Å². The second-order valence-corrected chi connectivity index (χ2v) is 8.80. The Hall–Kier alpha value is -3.48. The van der Waals surface area contributed by atoms with Crippen LogP contribution in [0.4, 0.5) is 5.69 Å². The van der Waals surface area contributed by atoms with E-state index in [1.165, 1.54) is 11.9 Å². The lowest BCUT2D eigenvalue weighted by Gasteiger charge is -2.19. The lowest BCUT2D eigenvalue weighted by atomic mass is 9.87. The van der Waals surface area contributed by atoms with Crippen molar-refractivity contribution >= 4 is 28.5 Å². The van der Waals surface area contributed by atoms with Crippen LogP contribution in [0.5, 0.6) is 5.88 Å². The van der Waals surface area contributed by atoms with Crippen LogP contribution in [0, 0.1) is 0 Å². The van der Waals surface area contributed by atoms with Crippen LogP contribution in [0.1, 0.15) is 57.6 Å². The summed E-state index contributed by atoms with van der Waals surface area (Å²) >= 11 is 0. The summed E-state index contributed by atoms with van der Waals surface area (Å²) in [5, 5.41) is 12.2. The van der Waals surface area contributed by atoms with Crippen molar-refractivity contribution in [2.75, 3.05) is 5.32 Å². The monoisotopic (exact) mass is 435 g/mol. The van der Waals surface area contributed by atoms with E-state index in [0.29, 0.717) is 36.5 Å². The maximum Gasteiger partial charge on any atom is 0.303 e. The fourth-order valence-electron chi connectivity index (χ4n) is 3.26. The molecule has 1 amide bonds. The first-order valence-electron chi connectivity index (χ1n) is 10.7. The number of aliphatic carboxylic acids is 1. The van der Waals surface area contributed by atoms with Crippen molar-refractivity contribution in [3.63, 3.8) is 0 Å². The summed E-state index contributed by atoms with van der Waals surface area (Å²) in [5.41, 5.74) is 3.72. The molecule has 2 N–H and O–H groups in total. The molecule has 0 aliphatic carbocycles. The molecule has 0 fully saturated rings. The Morgan fingerprint density at radius 1 is 1.00 bits per heavy atom. The predicted octanol–water partition coefficient (Wildman–Crippen LogP) is 5.09. The van der Waals surface area contributed by atoms with Gasteiger partial charge >= 0.3 is 5.97 Å². The number of fused-ring (bicyclic) bond motifs is 1. The largest absolute Gasteiger partial charge is 0.481 e. The van der Waals surface area contributed by atoms with Crippen molar-refractivity contribution in [3.05, 3.63) is 59.9 Å². The standard InChI is InChI=1S/C25H29N3O4/c1-25(2,3)18-10-8-17(9-11-18)15-32-24-20-13-12-19(14-21(20)26-16-27-24)28-22(29)6-4-5-7-23(30)31/h8-14,16H,4-7,15H2,1-3H3,(H,28,29)(H,30,31). The number of carboxylic acid groups (broad SMARTS) is 1. The Labute approximate surface area is 187 Å². The smallest absolute Gasteiger partial charge is 0.303 e. The third-order valence-corrected chi connectivity index (χ3v) is 5.12. The van der Waals surface area contributed by atoms with Crippen molar-refractivity contribution in [2.24, 2.45) is 0 Å². The Kier molecular flexibility index (Phi) is 7.41. The van der Waals surface area contributed by atoms with E-state index in [9.17, 15) is 9.59 Å². The molecule has 0 saturated heterocycles. The Morgan fingerprint density at radius 2 is 1.72 bits per heavy atom. The molecule has 3 rings (SSSR count). The average molecular weight is 436 g/mol. The summed E-state index contributed by atoms with van der Waals surface area (Å²) < 4.78 is 5.95. The minimum absolute atomic E-state index is 0.0731. The van der Waals surface area contributed by atoms with Crippen LogP contribution < -0.4 is 10.1 Å². The minimum atomic E-state index is -0.848. The molecule has 0 unspecified atom stereocenters. The number of unbranched alkanes of at least 4 members (excludes halogenated alkanes) is 1. The molecule has 168 valence electrons. The number of hydrogen-bond acceptors (Lipinski definition) is 5. The van der Waals surface area contributed by atoms with Crippen LogP contribution in [-0.2, 0) is 21.6 Å². The molecule has 0 bridgehead atoms. The van der Waals surface area contributed by atoms with Gasteiger partial charge in [-0.2, -0.15) is 0 Å². The number of benzene rings is 2. The third kappa shape index (κ3) is 6.51. The average Bonchev–Trinajstić information content (AvgIpc) is 2.74. The highest BCUT2D eigenvalue weighted by Gasteiger charge is 2.13. The van der Waals surface area contributed by atoms with Crippen molar-refractivity contribution in [1.82, 2.24) is 9.97 Å². The van der Waals surface area contributed by atoms with Gasteiger partial charge in [0.15, 0.2) is 0 Å². The van der Waals surface area contributed by atoms with Crippen LogP contribution in [0.3, 0.4) is 0 Å². The van der Waals surface area contributed by atoms with E-state index in [1.807, 2.05) is 6.07 Å². The highest BCUT2D eigenvalue weighted by molar-refractivity contribution is 5.94. The van der Waals surface area contributed by atoms with E-state index in [-0.39, 0.29) is 24.2 Å². The molecule has 0 spiro atoms. The van der Waals surface area contributed by atoms with Crippen molar-refractivity contribution in [2.45, 2.75) is 58.5 Å². The molecule has 7 heteroatoms. The lowest BCUT2D eigenvalue weighted by Crippen LogP contribution is -2.11. The number of carboxylic acids is 1. The highest BCUT2D eigenvalue weighted by atomic mass is 16.5. The third-order valence-electron chi connectivity index (χ3n) is 5.12. The minimum Gasteiger partial charge on any atom is -0.481 e. The van der Waals surface area contributed by atoms with E-state index in [4.69, 9.17) is 9.84 Å². The Morgan fingerprint density at radius 3 is 2.41 bits per heavy atom. The number of hydrogen-bond donors (Lipinski definition) is 2. The number of rotatable bonds is 9. The Bertz CT molecular complexity index is 1090. The molecule has 0 aliphatic heterocycles. The van der Waals surface area contributed by atoms with E-state index >= 15 is 0 Å². The zero-order valence-electron chi connectivity index (χ0n) is 18.7. The number of carbonyl (C=O) groups excluding carboxylic acids is 1. The number of aromatic nitrogens is 2. The second-order valence-electron chi connectivity index (χ2n) is 8.80. The zero-order valence-corrected chi connectivity index (χ0v) is 18.7. The molecular weight excluding hydrogens is 406 g/mol. The number of amides is 1. The molecule has 0 saturated carbocycles. The summed E-state index contributed by atoms with van der Waals surface area (Å²) in [6.45, 7) is 6.94. The molecular formula is C25H29N3O4. The molecule has 1 aromatic heterocycles. The summed E-state index contributed by atoms with van der Waals surface area (Å²) in [6, 6.07) is 13.7. The molecule has 32 heavy (non-hydrogen) atoms. The van der Waals surface area contributed by atoms with Crippen LogP contribution in [0.2, 0.25) is 0 Å². The number of ether oxygens (including phenoxy) is 1. The van der Waals surface area contributed by atoms with Crippen molar-refractivity contribution < 1.29 is 19.4 Å². The lowest BCUT2D eigenvalue weighted by molar-refractivity contribution is -0.137. The van der Waals surface area contributed by atoms with Gasteiger partial charge in [-0.15, -0.1) is 0 Å². The molecule has 3 aromatic rings. The van der Waals surface area contributed by atoms with E-state index < -0.39 is 5.97 Å². The highest BCUT2D eigenvalue weighted by Crippen LogP contribution is 2.26. The number of nitrogens with zero attached hydrogens (tertiary/aromatic N) is 2. The predicted molar refractivity (Wildman–Crippen MR) is 124 cm³/mol. The maximum absolute atomic E-state index is 12.1. The summed E-state index contributed by atoms with van der Waals surface area (Å²) in [5.74, 6) is -0.514. The van der Waals surface area contributed by atoms with Gasteiger partial charge < -0.3 is 15.2 Å². The summed E-state index contributed by atoms with van der Waals surface area (Å²) in [4.78, 5) is 31.2. The van der Waals surface area contributed by atoms with Gasteiger partial charge in [0.05, 0.1) is 10.9 Å². The maximum atomic E-state index is 12.1. The van der Waals surface area contributed by atoms with Crippen LogP contribution in [-0.4, -0.2) is 27.0 Å². The first-order chi connectivity index (χ1) is 15.2. The molecule has 1 heterocycles. The van der Waals surface area contributed by atoms with E-state index in [2.05, 4.69) is 60.3 Å². The fraction of sp³-hybridized carbons (Fsp3) is 0.360. The number of carbonyl (C=O) groups is 2. The van der Waals surface area contributed by atoms with Gasteiger partial charge in [0, 0.05) is 18.5 Å². The molecule has 7 nitrogen and oxygen atoms in total. The Balaban J connectivity index is 1.62. The van der Waals surface area contributed by atoms with Gasteiger partial charge in [0.25, 0.3) is 0 Å². The molecule has 0 radical (unpaired) electrons. The first kappa shape index (κ1) is 23.2. The van der Waals surface area contributed by atoms with Crippen molar-refractivity contribution in [3.8, 4) is 5.88 Å². The zero-order chi connectivity index (χ0) is 23.1. The topological polar surface area (TPSA) is 101 Å². The van der Waals surface area contributed by atoms with Gasteiger partial charge in [-0.1, -0.05) is 45.0 Å². The molecule has 0 atom stereocenters. The second kappa shape index (κ2) is 10.2. The first-order valence-corrected chi connectivity index (χ1v) is 10.7.